The normalized spacial score (nSPS) is 10.2. The molecule has 2 N–H and O–H groups in total. The van der Waals surface area contributed by atoms with Crippen LogP contribution in [-0.2, 0) is 4.79 Å². The Balaban J connectivity index is 1.56. The van der Waals surface area contributed by atoms with Crippen molar-refractivity contribution in [2.75, 3.05) is 35.7 Å². The first-order valence-electron chi connectivity index (χ1n) is 9.75. The van der Waals surface area contributed by atoms with E-state index in [-0.39, 0.29) is 18.4 Å². The van der Waals surface area contributed by atoms with Gasteiger partial charge >= 0.3 is 0 Å². The quantitative estimate of drug-likeness (QED) is 0.584. The molecule has 0 radical (unpaired) electrons. The molecular weight excluding hydrogens is 378 g/mol. The van der Waals surface area contributed by atoms with Crippen LogP contribution < -0.4 is 20.3 Å². The van der Waals surface area contributed by atoms with E-state index in [1.807, 2.05) is 61.5 Å². The van der Waals surface area contributed by atoms with Crippen molar-refractivity contribution >= 4 is 28.9 Å². The predicted molar refractivity (Wildman–Crippen MR) is 120 cm³/mol. The van der Waals surface area contributed by atoms with Gasteiger partial charge in [0, 0.05) is 29.2 Å². The maximum atomic E-state index is 12.8. The first-order valence-corrected chi connectivity index (χ1v) is 9.75. The van der Waals surface area contributed by atoms with Crippen LogP contribution in [0, 0.1) is 0 Å². The van der Waals surface area contributed by atoms with Gasteiger partial charge in [0.15, 0.2) is 0 Å². The van der Waals surface area contributed by atoms with Crippen LogP contribution in [0.5, 0.6) is 5.75 Å². The molecule has 0 fully saturated rings. The van der Waals surface area contributed by atoms with Gasteiger partial charge in [-0.25, -0.2) is 0 Å². The molecule has 0 atom stereocenters. The topological polar surface area (TPSA) is 70.7 Å². The molecule has 30 heavy (non-hydrogen) atoms. The van der Waals surface area contributed by atoms with Crippen molar-refractivity contribution in [2.24, 2.45) is 0 Å². The van der Waals surface area contributed by atoms with E-state index in [0.29, 0.717) is 17.8 Å². The molecule has 0 saturated carbocycles. The zero-order valence-corrected chi connectivity index (χ0v) is 17.1. The van der Waals surface area contributed by atoms with E-state index in [2.05, 4.69) is 10.6 Å². The average molecular weight is 403 g/mol. The highest BCUT2D eigenvalue weighted by Gasteiger charge is 2.15. The summed E-state index contributed by atoms with van der Waals surface area (Å²) < 4.78 is 5.11. The number of methoxy groups -OCH3 is 1. The molecule has 0 heterocycles. The lowest BCUT2D eigenvalue weighted by Crippen LogP contribution is -2.30. The van der Waals surface area contributed by atoms with Crippen LogP contribution in [0.3, 0.4) is 0 Å². The largest absolute Gasteiger partial charge is 0.497 e. The Morgan fingerprint density at radius 1 is 0.867 bits per heavy atom. The van der Waals surface area contributed by atoms with E-state index >= 15 is 0 Å². The number of ether oxygens (including phenoxy) is 1. The number of hydrogen-bond acceptors (Lipinski definition) is 4. The Kier molecular flexibility index (Phi) is 7.05. The van der Waals surface area contributed by atoms with Crippen molar-refractivity contribution in [2.45, 2.75) is 6.92 Å². The molecule has 0 aliphatic heterocycles. The molecule has 0 bridgehead atoms. The molecule has 154 valence electrons. The van der Waals surface area contributed by atoms with Gasteiger partial charge in [0.05, 0.1) is 13.7 Å². The Hall–Kier alpha value is -3.80. The smallest absolute Gasteiger partial charge is 0.258 e. The summed E-state index contributed by atoms with van der Waals surface area (Å²) in [5.74, 6) is 0.501. The second-order valence-corrected chi connectivity index (χ2v) is 6.59. The van der Waals surface area contributed by atoms with Gasteiger partial charge in [-0.05, 0) is 67.6 Å². The molecule has 0 spiro atoms. The Morgan fingerprint density at radius 2 is 1.50 bits per heavy atom. The zero-order chi connectivity index (χ0) is 21.3. The van der Waals surface area contributed by atoms with E-state index in [0.717, 1.165) is 17.1 Å². The number of hydrogen-bond donors (Lipinski definition) is 2. The number of carbonyl (C=O) groups excluding carboxylic acids is 2. The van der Waals surface area contributed by atoms with Gasteiger partial charge < -0.3 is 20.3 Å². The summed E-state index contributed by atoms with van der Waals surface area (Å²) in [6.07, 6.45) is 0. The fraction of sp³-hybridized carbons (Fsp3) is 0.167. The van der Waals surface area contributed by atoms with Gasteiger partial charge in [-0.2, -0.15) is 0 Å². The highest BCUT2D eigenvalue weighted by atomic mass is 16.5. The highest BCUT2D eigenvalue weighted by molar-refractivity contribution is 6.06. The van der Waals surface area contributed by atoms with Crippen molar-refractivity contribution in [1.82, 2.24) is 0 Å². The van der Waals surface area contributed by atoms with Gasteiger partial charge in [0.25, 0.3) is 5.91 Å². The molecule has 2 amide bonds. The van der Waals surface area contributed by atoms with Gasteiger partial charge in [0.1, 0.15) is 5.75 Å². The number of rotatable bonds is 8. The van der Waals surface area contributed by atoms with Gasteiger partial charge in [-0.15, -0.1) is 0 Å². The molecule has 6 nitrogen and oxygen atoms in total. The van der Waals surface area contributed by atoms with E-state index in [1.54, 1.807) is 36.3 Å². The summed E-state index contributed by atoms with van der Waals surface area (Å²) in [6, 6.07) is 23.8. The summed E-state index contributed by atoms with van der Waals surface area (Å²) in [6.45, 7) is 2.64. The van der Waals surface area contributed by atoms with Crippen molar-refractivity contribution in [3.05, 3.63) is 84.4 Å². The van der Waals surface area contributed by atoms with Gasteiger partial charge in [-0.3, -0.25) is 9.59 Å². The maximum absolute atomic E-state index is 12.8. The summed E-state index contributed by atoms with van der Waals surface area (Å²) in [7, 11) is 1.61. The molecule has 3 aromatic rings. The number of carbonyl (C=O) groups is 2. The standard InChI is InChI=1S/C24H25N3O3/c1-3-27(21-7-5-4-6-8-21)24(29)18-9-11-20(12-10-18)26-23(28)17-25-19-13-15-22(30-2)16-14-19/h4-16,25H,3,17H2,1-2H3,(H,26,28). The van der Waals surface area contributed by atoms with Crippen LogP contribution in [0.2, 0.25) is 0 Å². The molecule has 3 rings (SSSR count). The number of para-hydroxylation sites is 1. The highest BCUT2D eigenvalue weighted by Crippen LogP contribution is 2.18. The lowest BCUT2D eigenvalue weighted by molar-refractivity contribution is -0.114. The van der Waals surface area contributed by atoms with Gasteiger partial charge in [-0.1, -0.05) is 18.2 Å². The van der Waals surface area contributed by atoms with Crippen LogP contribution in [0.4, 0.5) is 17.1 Å². The van der Waals surface area contributed by atoms with E-state index < -0.39 is 0 Å². The van der Waals surface area contributed by atoms with E-state index in [4.69, 9.17) is 4.74 Å². The summed E-state index contributed by atoms with van der Waals surface area (Å²) in [4.78, 5) is 26.7. The predicted octanol–water partition coefficient (Wildman–Crippen LogP) is 4.41. The first-order chi connectivity index (χ1) is 14.6. The third kappa shape index (κ3) is 5.38. The minimum atomic E-state index is -0.177. The van der Waals surface area contributed by atoms with Crippen LogP contribution in [0.25, 0.3) is 0 Å². The van der Waals surface area contributed by atoms with Crippen molar-refractivity contribution < 1.29 is 14.3 Å². The third-order valence-corrected chi connectivity index (χ3v) is 4.59. The molecule has 6 heteroatoms. The zero-order valence-electron chi connectivity index (χ0n) is 17.1. The Labute approximate surface area is 176 Å². The van der Waals surface area contributed by atoms with Crippen molar-refractivity contribution in [3.8, 4) is 5.75 Å². The second kappa shape index (κ2) is 10.1. The number of nitrogens with one attached hydrogen (secondary N) is 2. The lowest BCUT2D eigenvalue weighted by Gasteiger charge is -2.21. The average Bonchev–Trinajstić information content (AvgIpc) is 2.79. The molecule has 3 aromatic carbocycles. The Bertz CT molecular complexity index is 971. The van der Waals surface area contributed by atoms with Gasteiger partial charge in [0.2, 0.25) is 5.91 Å². The third-order valence-electron chi connectivity index (χ3n) is 4.59. The monoisotopic (exact) mass is 403 g/mol. The first kappa shape index (κ1) is 20.9. The Morgan fingerprint density at radius 3 is 2.10 bits per heavy atom. The lowest BCUT2D eigenvalue weighted by atomic mass is 10.1. The minimum absolute atomic E-state index is 0.0808. The molecule has 0 aromatic heterocycles. The fourth-order valence-corrected chi connectivity index (χ4v) is 3.00. The van der Waals surface area contributed by atoms with Crippen molar-refractivity contribution in [3.63, 3.8) is 0 Å². The van der Waals surface area contributed by atoms with E-state index in [1.165, 1.54) is 0 Å². The molecule has 0 aliphatic carbocycles. The van der Waals surface area contributed by atoms with E-state index in [9.17, 15) is 9.59 Å². The minimum Gasteiger partial charge on any atom is -0.497 e. The molecule has 0 unspecified atom stereocenters. The molecule has 0 saturated heterocycles. The number of anilines is 3. The van der Waals surface area contributed by atoms with Crippen molar-refractivity contribution in [1.29, 1.82) is 0 Å². The fourth-order valence-electron chi connectivity index (χ4n) is 3.00. The van der Waals surface area contributed by atoms with Crippen LogP contribution in [0.15, 0.2) is 78.9 Å². The maximum Gasteiger partial charge on any atom is 0.258 e. The van der Waals surface area contributed by atoms with Crippen LogP contribution in [0.1, 0.15) is 17.3 Å². The molecule has 0 aliphatic rings. The van der Waals surface area contributed by atoms with Crippen LogP contribution in [-0.4, -0.2) is 32.0 Å². The number of benzene rings is 3. The summed E-state index contributed by atoms with van der Waals surface area (Å²) in [5.41, 5.74) is 2.88. The summed E-state index contributed by atoms with van der Waals surface area (Å²) in [5, 5.41) is 5.88. The SMILES string of the molecule is CCN(C(=O)c1ccc(NC(=O)CNc2ccc(OC)cc2)cc1)c1ccccc1. The van der Waals surface area contributed by atoms with Crippen LogP contribution >= 0.6 is 0 Å². The number of amides is 2. The summed E-state index contributed by atoms with van der Waals surface area (Å²) >= 11 is 0. The molecular formula is C24H25N3O3. The number of nitrogens with zero attached hydrogens (tertiary/aromatic N) is 1. The second-order valence-electron chi connectivity index (χ2n) is 6.59.